The fourth-order valence-electron chi connectivity index (χ4n) is 2.35. The molecule has 0 aliphatic heterocycles. The molecule has 0 amide bonds. The van der Waals surface area contributed by atoms with E-state index >= 15 is 0 Å². The number of hydrogen-bond acceptors (Lipinski definition) is 2. The minimum absolute atomic E-state index is 1.03. The lowest BCUT2D eigenvalue weighted by Gasteiger charge is -2.04. The van der Waals surface area contributed by atoms with E-state index in [9.17, 15) is 0 Å². The molecule has 0 fully saturated rings. The van der Waals surface area contributed by atoms with Crippen molar-refractivity contribution in [2.24, 2.45) is 0 Å². The van der Waals surface area contributed by atoms with Crippen LogP contribution < -0.4 is 0 Å². The molecule has 1 aromatic carbocycles. The average Bonchev–Trinajstić information content (AvgIpc) is 2.75. The molecule has 1 N–H and O–H groups in total. The summed E-state index contributed by atoms with van der Waals surface area (Å²) < 4.78 is 0. The zero-order valence-corrected chi connectivity index (χ0v) is 12.1. The summed E-state index contributed by atoms with van der Waals surface area (Å²) in [5.74, 6) is 0. The average molecular weight is 268 g/mol. The zero-order valence-electron chi connectivity index (χ0n) is 11.3. The topological polar surface area (TPSA) is 28.7 Å². The van der Waals surface area contributed by atoms with Crippen LogP contribution in [-0.4, -0.2) is 16.2 Å². The molecule has 96 valence electrons. The minimum atomic E-state index is 1.03. The minimum Gasteiger partial charge on any atom is -0.357 e. The summed E-state index contributed by atoms with van der Waals surface area (Å²) in [4.78, 5) is 9.28. The van der Waals surface area contributed by atoms with Crippen molar-refractivity contribution in [1.29, 1.82) is 0 Å². The largest absolute Gasteiger partial charge is 0.357 e. The number of aromatic nitrogens is 2. The van der Waals surface area contributed by atoms with Crippen molar-refractivity contribution < 1.29 is 0 Å². The van der Waals surface area contributed by atoms with Crippen LogP contribution in [0, 0.1) is 13.8 Å². The summed E-state index contributed by atoms with van der Waals surface area (Å²) in [7, 11) is 0. The number of benzene rings is 1. The van der Waals surface area contributed by atoms with Crippen molar-refractivity contribution >= 4 is 22.7 Å². The summed E-state index contributed by atoms with van der Waals surface area (Å²) in [6, 6.07) is 10.6. The van der Waals surface area contributed by atoms with Crippen LogP contribution in [0.1, 0.15) is 11.3 Å². The molecule has 3 heteroatoms. The summed E-state index contributed by atoms with van der Waals surface area (Å²) >= 11 is 1.75. The highest BCUT2D eigenvalue weighted by molar-refractivity contribution is 7.98. The molecule has 0 spiro atoms. The third-order valence-corrected chi connectivity index (χ3v) is 4.34. The molecule has 0 saturated carbocycles. The van der Waals surface area contributed by atoms with Crippen LogP contribution in [0.25, 0.3) is 22.2 Å². The Morgan fingerprint density at radius 2 is 1.79 bits per heavy atom. The van der Waals surface area contributed by atoms with Crippen LogP contribution >= 0.6 is 11.8 Å². The third kappa shape index (κ3) is 2.04. The second-order valence-corrected chi connectivity index (χ2v) is 5.57. The number of nitrogens with zero attached hydrogens (tertiary/aromatic N) is 1. The number of aromatic amines is 1. The summed E-state index contributed by atoms with van der Waals surface area (Å²) in [5.41, 5.74) is 5.84. The first-order valence-electron chi connectivity index (χ1n) is 6.29. The van der Waals surface area contributed by atoms with E-state index in [-0.39, 0.29) is 0 Å². The van der Waals surface area contributed by atoms with Crippen molar-refractivity contribution in [1.82, 2.24) is 9.97 Å². The molecule has 2 heterocycles. The predicted octanol–water partition coefficient (Wildman–Crippen LogP) is 4.57. The predicted molar refractivity (Wildman–Crippen MR) is 82.8 cm³/mol. The first kappa shape index (κ1) is 12.3. The molecule has 3 aromatic rings. The zero-order chi connectivity index (χ0) is 13.4. The van der Waals surface area contributed by atoms with Gasteiger partial charge in [0.05, 0.1) is 11.2 Å². The van der Waals surface area contributed by atoms with Gasteiger partial charge in [-0.15, -0.1) is 11.8 Å². The van der Waals surface area contributed by atoms with Gasteiger partial charge in [0.2, 0.25) is 0 Å². The van der Waals surface area contributed by atoms with Gasteiger partial charge >= 0.3 is 0 Å². The fraction of sp³-hybridized carbons (Fsp3) is 0.188. The van der Waals surface area contributed by atoms with Crippen molar-refractivity contribution in [2.75, 3.05) is 6.26 Å². The van der Waals surface area contributed by atoms with Gasteiger partial charge in [0.1, 0.15) is 0 Å². The van der Waals surface area contributed by atoms with Gasteiger partial charge in [0.25, 0.3) is 0 Å². The molecule has 0 saturated heterocycles. The van der Waals surface area contributed by atoms with Crippen LogP contribution in [-0.2, 0) is 0 Å². The Kier molecular flexibility index (Phi) is 3.07. The van der Waals surface area contributed by atoms with Crippen LogP contribution in [0.3, 0.4) is 0 Å². The monoisotopic (exact) mass is 268 g/mol. The molecular formula is C16H16N2S. The maximum Gasteiger partial charge on any atom is 0.0942 e. The Bertz CT molecular complexity index is 726. The molecule has 0 bridgehead atoms. The Morgan fingerprint density at radius 3 is 2.47 bits per heavy atom. The summed E-state index contributed by atoms with van der Waals surface area (Å²) in [6.07, 6.45) is 3.98. The number of aryl methyl sites for hydroxylation is 2. The molecule has 3 rings (SSSR count). The maximum atomic E-state index is 4.55. The van der Waals surface area contributed by atoms with Gasteiger partial charge in [-0.05, 0) is 43.9 Å². The first-order chi connectivity index (χ1) is 9.20. The number of H-pyrrole nitrogens is 1. The van der Waals surface area contributed by atoms with E-state index in [4.69, 9.17) is 0 Å². The number of thioether (sulfide) groups is 1. The van der Waals surface area contributed by atoms with Crippen molar-refractivity contribution in [3.05, 3.63) is 47.8 Å². The summed E-state index contributed by atoms with van der Waals surface area (Å²) in [5, 5.41) is 1.26. The van der Waals surface area contributed by atoms with Crippen molar-refractivity contribution in [2.45, 2.75) is 18.7 Å². The van der Waals surface area contributed by atoms with Gasteiger partial charge in [-0.3, -0.25) is 4.98 Å². The number of fused-ring (bicyclic) bond motifs is 1. The van der Waals surface area contributed by atoms with E-state index in [2.05, 4.69) is 60.4 Å². The number of hydrogen-bond donors (Lipinski definition) is 1. The van der Waals surface area contributed by atoms with Gasteiger partial charge in [-0.2, -0.15) is 0 Å². The molecule has 19 heavy (non-hydrogen) atoms. The molecule has 2 nitrogen and oxygen atoms in total. The third-order valence-electron chi connectivity index (χ3n) is 3.59. The van der Waals surface area contributed by atoms with Crippen LogP contribution in [0.5, 0.6) is 0 Å². The van der Waals surface area contributed by atoms with Gasteiger partial charge in [0.15, 0.2) is 0 Å². The molecule has 2 aromatic heterocycles. The Labute approximate surface area is 117 Å². The Morgan fingerprint density at radius 1 is 1.05 bits per heavy atom. The smallest absolute Gasteiger partial charge is 0.0942 e. The lowest BCUT2D eigenvalue weighted by molar-refractivity contribution is 1.25. The normalized spacial score (nSPS) is 11.1. The molecule has 0 aliphatic carbocycles. The second-order valence-electron chi connectivity index (χ2n) is 4.69. The van der Waals surface area contributed by atoms with E-state index < -0.39 is 0 Å². The molecule has 0 radical (unpaired) electrons. The molecule has 0 unspecified atom stereocenters. The van der Waals surface area contributed by atoms with Crippen molar-refractivity contribution in [3.8, 4) is 11.3 Å². The number of pyridine rings is 1. The lowest BCUT2D eigenvalue weighted by atomic mass is 10.1. The van der Waals surface area contributed by atoms with Gasteiger partial charge in [-0.1, -0.05) is 12.1 Å². The lowest BCUT2D eigenvalue weighted by Crippen LogP contribution is -1.85. The van der Waals surface area contributed by atoms with Gasteiger partial charge in [0, 0.05) is 27.7 Å². The second kappa shape index (κ2) is 4.74. The quantitative estimate of drug-likeness (QED) is 0.690. The Balaban J connectivity index is 2.21. The van der Waals surface area contributed by atoms with E-state index in [1.807, 2.05) is 6.20 Å². The van der Waals surface area contributed by atoms with E-state index in [0.717, 1.165) is 16.8 Å². The van der Waals surface area contributed by atoms with E-state index in [1.165, 1.54) is 21.5 Å². The first-order valence-corrected chi connectivity index (χ1v) is 7.51. The maximum absolute atomic E-state index is 4.55. The van der Waals surface area contributed by atoms with Crippen molar-refractivity contribution in [3.63, 3.8) is 0 Å². The highest BCUT2D eigenvalue weighted by Crippen LogP contribution is 2.30. The Hall–Kier alpha value is -1.74. The van der Waals surface area contributed by atoms with Gasteiger partial charge in [-0.25, -0.2) is 0 Å². The highest BCUT2D eigenvalue weighted by atomic mass is 32.2. The summed E-state index contributed by atoms with van der Waals surface area (Å²) in [6.45, 7) is 4.25. The van der Waals surface area contributed by atoms with Crippen LogP contribution in [0.15, 0.2) is 41.4 Å². The highest BCUT2D eigenvalue weighted by Gasteiger charge is 2.10. The standard InChI is InChI=1S/C16H16N2S/c1-10-11(2)18-16-14(10)8-9-17-15(16)12-4-6-13(19-3)7-5-12/h4-9,18H,1-3H3. The van der Waals surface area contributed by atoms with Crippen LogP contribution in [0.2, 0.25) is 0 Å². The molecule has 0 atom stereocenters. The van der Waals surface area contributed by atoms with Gasteiger partial charge < -0.3 is 4.98 Å². The van der Waals surface area contributed by atoms with Crippen LogP contribution in [0.4, 0.5) is 0 Å². The number of rotatable bonds is 2. The fourth-order valence-corrected chi connectivity index (χ4v) is 2.76. The van der Waals surface area contributed by atoms with E-state index in [1.54, 1.807) is 11.8 Å². The molecule has 0 aliphatic rings. The SMILES string of the molecule is CSc1ccc(-c2nccc3c(C)c(C)[nH]c23)cc1. The number of nitrogens with one attached hydrogen (secondary N) is 1. The molecular weight excluding hydrogens is 252 g/mol. The van der Waals surface area contributed by atoms with E-state index in [0.29, 0.717) is 0 Å².